The van der Waals surface area contributed by atoms with Gasteiger partial charge in [-0.15, -0.1) is 0 Å². The SMILES string of the molecule is CC(C)CC(C)CC(=O)NCc1cccc(-n2ccc(C(=O)O)n2)c1. The van der Waals surface area contributed by atoms with Crippen LogP contribution in [0.3, 0.4) is 0 Å². The van der Waals surface area contributed by atoms with E-state index in [9.17, 15) is 9.59 Å². The number of amides is 1. The molecule has 2 rings (SSSR count). The van der Waals surface area contributed by atoms with Crippen molar-refractivity contribution in [2.75, 3.05) is 0 Å². The lowest BCUT2D eigenvalue weighted by molar-refractivity contribution is -0.122. The predicted molar refractivity (Wildman–Crippen MR) is 95.6 cm³/mol. The van der Waals surface area contributed by atoms with Crippen molar-refractivity contribution in [2.24, 2.45) is 11.8 Å². The highest BCUT2D eigenvalue weighted by Crippen LogP contribution is 2.15. The fourth-order valence-corrected chi connectivity index (χ4v) is 2.87. The molecule has 0 saturated carbocycles. The van der Waals surface area contributed by atoms with E-state index < -0.39 is 5.97 Å². The lowest BCUT2D eigenvalue weighted by Gasteiger charge is -2.14. The Balaban J connectivity index is 1.95. The Kier molecular flexibility index (Phi) is 6.33. The summed E-state index contributed by atoms with van der Waals surface area (Å²) < 4.78 is 1.51. The number of nitrogens with one attached hydrogen (secondary N) is 1. The molecule has 0 radical (unpaired) electrons. The first-order valence-corrected chi connectivity index (χ1v) is 8.50. The van der Waals surface area contributed by atoms with Crippen LogP contribution >= 0.6 is 0 Å². The Morgan fingerprint density at radius 1 is 1.24 bits per heavy atom. The molecule has 1 aromatic heterocycles. The lowest BCUT2D eigenvalue weighted by atomic mass is 9.96. The maximum absolute atomic E-state index is 12.0. The van der Waals surface area contributed by atoms with Gasteiger partial charge in [0, 0.05) is 19.2 Å². The van der Waals surface area contributed by atoms with Crippen molar-refractivity contribution in [3.63, 3.8) is 0 Å². The van der Waals surface area contributed by atoms with Crippen LogP contribution in [0.1, 0.15) is 49.7 Å². The van der Waals surface area contributed by atoms with Crippen LogP contribution in [-0.4, -0.2) is 26.8 Å². The summed E-state index contributed by atoms with van der Waals surface area (Å²) in [6.45, 7) is 6.85. The molecule has 0 aliphatic heterocycles. The molecule has 0 spiro atoms. The van der Waals surface area contributed by atoms with Crippen molar-refractivity contribution in [2.45, 2.75) is 40.2 Å². The molecule has 134 valence electrons. The predicted octanol–water partition coefficient (Wildman–Crippen LogP) is 3.26. The zero-order valence-corrected chi connectivity index (χ0v) is 14.9. The monoisotopic (exact) mass is 343 g/mol. The Labute approximate surface area is 147 Å². The van der Waals surface area contributed by atoms with Gasteiger partial charge in [0.05, 0.1) is 5.69 Å². The van der Waals surface area contributed by atoms with Crippen molar-refractivity contribution in [1.29, 1.82) is 0 Å². The van der Waals surface area contributed by atoms with Crippen LogP contribution < -0.4 is 5.32 Å². The number of rotatable bonds is 8. The zero-order chi connectivity index (χ0) is 18.4. The number of hydrogen-bond acceptors (Lipinski definition) is 3. The molecule has 0 aliphatic carbocycles. The second-order valence-corrected chi connectivity index (χ2v) is 6.84. The quantitative estimate of drug-likeness (QED) is 0.770. The third kappa shape index (κ3) is 5.74. The summed E-state index contributed by atoms with van der Waals surface area (Å²) in [6.07, 6.45) is 3.17. The Morgan fingerprint density at radius 3 is 2.64 bits per heavy atom. The Morgan fingerprint density at radius 2 is 2.00 bits per heavy atom. The van der Waals surface area contributed by atoms with Gasteiger partial charge in [-0.2, -0.15) is 5.10 Å². The minimum absolute atomic E-state index is 0.00199. The highest BCUT2D eigenvalue weighted by atomic mass is 16.4. The summed E-state index contributed by atoms with van der Waals surface area (Å²) >= 11 is 0. The molecule has 6 heteroatoms. The zero-order valence-electron chi connectivity index (χ0n) is 14.9. The number of aromatic nitrogens is 2. The van der Waals surface area contributed by atoms with Crippen molar-refractivity contribution in [3.05, 3.63) is 47.8 Å². The summed E-state index contributed by atoms with van der Waals surface area (Å²) in [5, 5.41) is 15.9. The topological polar surface area (TPSA) is 84.2 Å². The van der Waals surface area contributed by atoms with Crippen molar-refractivity contribution >= 4 is 11.9 Å². The highest BCUT2D eigenvalue weighted by Gasteiger charge is 2.11. The number of carbonyl (C=O) groups excluding carboxylic acids is 1. The van der Waals surface area contributed by atoms with Crippen LogP contribution in [0.5, 0.6) is 0 Å². The lowest BCUT2D eigenvalue weighted by Crippen LogP contribution is -2.24. The smallest absolute Gasteiger partial charge is 0.356 e. The summed E-state index contributed by atoms with van der Waals surface area (Å²) in [4.78, 5) is 23.0. The van der Waals surface area contributed by atoms with Crippen LogP contribution in [0.2, 0.25) is 0 Å². The molecular formula is C19H25N3O3. The third-order valence-electron chi connectivity index (χ3n) is 3.88. The average molecular weight is 343 g/mol. The first kappa shape index (κ1) is 18.7. The minimum Gasteiger partial charge on any atom is -0.476 e. The molecule has 2 aromatic rings. The number of carbonyl (C=O) groups is 2. The molecule has 25 heavy (non-hydrogen) atoms. The van der Waals surface area contributed by atoms with Crippen molar-refractivity contribution in [1.82, 2.24) is 15.1 Å². The first-order valence-electron chi connectivity index (χ1n) is 8.50. The summed E-state index contributed by atoms with van der Waals surface area (Å²) in [7, 11) is 0. The van der Waals surface area contributed by atoms with E-state index in [-0.39, 0.29) is 11.6 Å². The minimum atomic E-state index is -1.06. The number of carboxylic acids is 1. The van der Waals surface area contributed by atoms with E-state index in [0.717, 1.165) is 17.7 Å². The van der Waals surface area contributed by atoms with Gasteiger partial charge >= 0.3 is 5.97 Å². The van der Waals surface area contributed by atoms with Gasteiger partial charge in [0.2, 0.25) is 5.91 Å². The molecule has 0 bridgehead atoms. The number of carboxylic acid groups (broad SMARTS) is 1. The summed E-state index contributed by atoms with van der Waals surface area (Å²) in [6, 6.07) is 8.96. The second-order valence-electron chi connectivity index (χ2n) is 6.84. The third-order valence-corrected chi connectivity index (χ3v) is 3.88. The van der Waals surface area contributed by atoms with E-state index in [1.165, 1.54) is 10.7 Å². The van der Waals surface area contributed by atoms with E-state index in [4.69, 9.17) is 5.11 Å². The summed E-state index contributed by atoms with van der Waals surface area (Å²) in [5.41, 5.74) is 1.69. The fourth-order valence-electron chi connectivity index (χ4n) is 2.87. The van der Waals surface area contributed by atoms with Gasteiger partial charge in [0.25, 0.3) is 0 Å². The van der Waals surface area contributed by atoms with Crippen LogP contribution in [0, 0.1) is 11.8 Å². The second kappa shape index (κ2) is 8.46. The van der Waals surface area contributed by atoms with Gasteiger partial charge in [-0.05, 0) is 42.0 Å². The van der Waals surface area contributed by atoms with Gasteiger partial charge < -0.3 is 10.4 Å². The van der Waals surface area contributed by atoms with Crippen LogP contribution in [0.15, 0.2) is 36.5 Å². The molecule has 1 aromatic carbocycles. The normalized spacial score (nSPS) is 12.2. The van der Waals surface area contributed by atoms with Gasteiger partial charge in [-0.1, -0.05) is 32.9 Å². The number of benzene rings is 1. The van der Waals surface area contributed by atoms with E-state index in [1.54, 1.807) is 6.20 Å². The number of nitrogens with zero attached hydrogens (tertiary/aromatic N) is 2. The maximum atomic E-state index is 12.0. The van der Waals surface area contributed by atoms with Crippen molar-refractivity contribution < 1.29 is 14.7 Å². The molecule has 1 atom stereocenters. The Hall–Kier alpha value is -2.63. The first-order chi connectivity index (χ1) is 11.8. The fraction of sp³-hybridized carbons (Fsp3) is 0.421. The molecule has 0 aliphatic rings. The molecule has 0 saturated heterocycles. The number of aromatic carboxylic acids is 1. The summed E-state index contributed by atoms with van der Waals surface area (Å²) in [5.74, 6) is -0.0578. The van der Waals surface area contributed by atoms with Crippen molar-refractivity contribution in [3.8, 4) is 5.69 Å². The Bertz CT molecular complexity index is 737. The van der Waals surface area contributed by atoms with Gasteiger partial charge in [-0.3, -0.25) is 4.79 Å². The molecule has 1 heterocycles. The van der Waals surface area contributed by atoms with Gasteiger partial charge in [-0.25, -0.2) is 9.48 Å². The number of hydrogen-bond donors (Lipinski definition) is 2. The average Bonchev–Trinajstić information content (AvgIpc) is 3.02. The van der Waals surface area contributed by atoms with Gasteiger partial charge in [0.15, 0.2) is 5.69 Å². The van der Waals surface area contributed by atoms with Crippen LogP contribution in [-0.2, 0) is 11.3 Å². The largest absolute Gasteiger partial charge is 0.476 e. The van der Waals surface area contributed by atoms with E-state index >= 15 is 0 Å². The standard InChI is InChI=1S/C19H25N3O3/c1-13(2)9-14(3)10-18(23)20-12-15-5-4-6-16(11-15)22-8-7-17(21-22)19(24)25/h4-8,11,13-14H,9-10,12H2,1-3H3,(H,20,23)(H,24,25). The van der Waals surface area contributed by atoms with Gasteiger partial charge in [0.1, 0.15) is 0 Å². The molecule has 1 unspecified atom stereocenters. The van der Waals surface area contributed by atoms with Crippen LogP contribution in [0.4, 0.5) is 0 Å². The highest BCUT2D eigenvalue weighted by molar-refractivity contribution is 5.85. The molecule has 1 amide bonds. The molecule has 0 fully saturated rings. The van der Waals surface area contributed by atoms with E-state index in [1.807, 2.05) is 24.3 Å². The van der Waals surface area contributed by atoms with Crippen LogP contribution in [0.25, 0.3) is 5.69 Å². The molecular weight excluding hydrogens is 318 g/mol. The molecule has 2 N–H and O–H groups in total. The van der Waals surface area contributed by atoms with E-state index in [2.05, 4.69) is 31.2 Å². The van der Waals surface area contributed by atoms with E-state index in [0.29, 0.717) is 24.8 Å². The maximum Gasteiger partial charge on any atom is 0.356 e. The molecule has 6 nitrogen and oxygen atoms in total.